The Morgan fingerprint density at radius 3 is 2.58 bits per heavy atom. The highest BCUT2D eigenvalue weighted by Gasteiger charge is 2.24. The van der Waals surface area contributed by atoms with Gasteiger partial charge in [-0.05, 0) is 36.1 Å². The maximum absolute atomic E-state index is 12.1. The van der Waals surface area contributed by atoms with Gasteiger partial charge in [-0.15, -0.1) is 0 Å². The van der Waals surface area contributed by atoms with E-state index in [0.717, 1.165) is 39.7 Å². The number of halogens is 1. The molecule has 0 unspecified atom stereocenters. The molecule has 4 rings (SSSR count). The van der Waals surface area contributed by atoms with Gasteiger partial charge in [0.1, 0.15) is 5.69 Å². The van der Waals surface area contributed by atoms with Crippen LogP contribution in [0.5, 0.6) is 0 Å². The highest BCUT2D eigenvalue weighted by Crippen LogP contribution is 2.32. The van der Waals surface area contributed by atoms with E-state index in [0.29, 0.717) is 11.7 Å². The monoisotopic (exact) mass is 381 g/mol. The Morgan fingerprint density at radius 1 is 1.08 bits per heavy atom. The zero-order valence-electron chi connectivity index (χ0n) is 12.9. The molecule has 4 nitrogen and oxygen atoms in total. The standard InChI is InChI=1S/C19H16BrN3O/c20-16-10-13(12-4-2-1-3-5-12)6-9-15(16)17-11-18(23-22-17)19(24)21-14-7-8-14/h1-6,9-11,14H,7-8H2,(H,21,24)(H,22,23). The predicted octanol–water partition coefficient (Wildman–Crippen LogP) is 4.40. The van der Waals surface area contributed by atoms with Gasteiger partial charge in [-0.25, -0.2) is 0 Å². The van der Waals surface area contributed by atoms with Crippen molar-refractivity contribution < 1.29 is 4.79 Å². The summed E-state index contributed by atoms with van der Waals surface area (Å²) in [5.41, 5.74) is 4.50. The van der Waals surface area contributed by atoms with Crippen LogP contribution in [0.3, 0.4) is 0 Å². The molecule has 120 valence electrons. The zero-order valence-corrected chi connectivity index (χ0v) is 14.5. The van der Waals surface area contributed by atoms with Gasteiger partial charge in [0.25, 0.3) is 5.91 Å². The van der Waals surface area contributed by atoms with Crippen molar-refractivity contribution in [3.8, 4) is 22.4 Å². The number of nitrogens with one attached hydrogen (secondary N) is 2. The van der Waals surface area contributed by atoms with Crippen LogP contribution in [-0.2, 0) is 0 Å². The minimum absolute atomic E-state index is 0.0896. The summed E-state index contributed by atoms with van der Waals surface area (Å²) >= 11 is 3.62. The summed E-state index contributed by atoms with van der Waals surface area (Å²) in [4.78, 5) is 12.1. The number of hydrogen-bond acceptors (Lipinski definition) is 2. The van der Waals surface area contributed by atoms with Gasteiger partial charge in [-0.1, -0.05) is 58.4 Å². The Labute approximate surface area is 148 Å². The second kappa shape index (κ2) is 6.24. The van der Waals surface area contributed by atoms with E-state index in [1.54, 1.807) is 6.07 Å². The molecule has 0 spiro atoms. The first kappa shape index (κ1) is 15.1. The molecule has 1 saturated carbocycles. The maximum Gasteiger partial charge on any atom is 0.269 e. The number of benzene rings is 2. The third-order valence-corrected chi connectivity index (χ3v) is 4.74. The van der Waals surface area contributed by atoms with Gasteiger partial charge in [-0.2, -0.15) is 5.10 Å². The molecule has 24 heavy (non-hydrogen) atoms. The fourth-order valence-electron chi connectivity index (χ4n) is 2.60. The van der Waals surface area contributed by atoms with Crippen LogP contribution in [-0.4, -0.2) is 22.1 Å². The molecule has 0 atom stereocenters. The number of amides is 1. The number of aromatic amines is 1. The Bertz CT molecular complexity index is 885. The molecule has 0 aliphatic heterocycles. The first-order valence-corrected chi connectivity index (χ1v) is 8.71. The lowest BCUT2D eigenvalue weighted by molar-refractivity contribution is 0.0946. The van der Waals surface area contributed by atoms with E-state index in [9.17, 15) is 4.79 Å². The average molecular weight is 382 g/mol. The quantitative estimate of drug-likeness (QED) is 0.703. The minimum Gasteiger partial charge on any atom is -0.348 e. The third kappa shape index (κ3) is 3.12. The first-order valence-electron chi connectivity index (χ1n) is 7.92. The largest absolute Gasteiger partial charge is 0.348 e. The van der Waals surface area contributed by atoms with Gasteiger partial charge in [0.05, 0.1) is 5.69 Å². The van der Waals surface area contributed by atoms with Crippen LogP contribution in [0.2, 0.25) is 0 Å². The molecule has 5 heteroatoms. The number of nitrogens with zero attached hydrogens (tertiary/aromatic N) is 1. The summed E-state index contributed by atoms with van der Waals surface area (Å²) in [6.07, 6.45) is 2.14. The van der Waals surface area contributed by atoms with Crippen molar-refractivity contribution >= 4 is 21.8 Å². The lowest BCUT2D eigenvalue weighted by atomic mass is 10.0. The molecule has 1 aliphatic carbocycles. The van der Waals surface area contributed by atoms with Crippen LogP contribution in [0, 0.1) is 0 Å². The fraction of sp³-hybridized carbons (Fsp3) is 0.158. The summed E-state index contributed by atoms with van der Waals surface area (Å²) in [5.74, 6) is -0.0896. The van der Waals surface area contributed by atoms with E-state index in [1.807, 2.05) is 24.3 Å². The second-order valence-corrected chi connectivity index (χ2v) is 6.83. The van der Waals surface area contributed by atoms with E-state index >= 15 is 0 Å². The number of carbonyl (C=O) groups is 1. The summed E-state index contributed by atoms with van der Waals surface area (Å²) in [5, 5.41) is 10.1. The topological polar surface area (TPSA) is 57.8 Å². The lowest BCUT2D eigenvalue weighted by Crippen LogP contribution is -2.25. The number of hydrogen-bond donors (Lipinski definition) is 2. The number of H-pyrrole nitrogens is 1. The van der Waals surface area contributed by atoms with E-state index < -0.39 is 0 Å². The molecule has 1 aliphatic rings. The third-order valence-electron chi connectivity index (χ3n) is 4.09. The molecular weight excluding hydrogens is 366 g/mol. The molecule has 0 saturated heterocycles. The molecule has 1 fully saturated rings. The normalized spacial score (nSPS) is 13.7. The number of carbonyl (C=O) groups excluding carboxylic acids is 1. The second-order valence-electron chi connectivity index (χ2n) is 5.98. The zero-order chi connectivity index (χ0) is 16.5. The molecule has 1 amide bonds. The fourth-order valence-corrected chi connectivity index (χ4v) is 3.18. The van der Waals surface area contributed by atoms with Crippen LogP contribution in [0.25, 0.3) is 22.4 Å². The smallest absolute Gasteiger partial charge is 0.269 e. The van der Waals surface area contributed by atoms with Crippen molar-refractivity contribution in [3.63, 3.8) is 0 Å². The predicted molar refractivity (Wildman–Crippen MR) is 97.6 cm³/mol. The lowest BCUT2D eigenvalue weighted by Gasteiger charge is -2.06. The molecular formula is C19H16BrN3O. The van der Waals surface area contributed by atoms with E-state index in [2.05, 4.69) is 55.7 Å². The van der Waals surface area contributed by atoms with Crippen molar-refractivity contribution in [1.29, 1.82) is 0 Å². The summed E-state index contributed by atoms with van der Waals surface area (Å²) in [7, 11) is 0. The van der Waals surface area contributed by atoms with Gasteiger partial charge >= 0.3 is 0 Å². The SMILES string of the molecule is O=C(NC1CC1)c1cc(-c2ccc(-c3ccccc3)cc2Br)n[nH]1. The first-order chi connectivity index (χ1) is 11.7. The Hall–Kier alpha value is -2.40. The highest BCUT2D eigenvalue weighted by molar-refractivity contribution is 9.10. The Balaban J connectivity index is 1.60. The van der Waals surface area contributed by atoms with Gasteiger partial charge in [0, 0.05) is 16.1 Å². The molecule has 3 aromatic rings. The van der Waals surface area contributed by atoms with Gasteiger partial charge in [0.15, 0.2) is 0 Å². The molecule has 1 heterocycles. The number of aromatic nitrogens is 2. The van der Waals surface area contributed by atoms with Gasteiger partial charge < -0.3 is 5.32 Å². The van der Waals surface area contributed by atoms with Crippen LogP contribution in [0.4, 0.5) is 0 Å². The van der Waals surface area contributed by atoms with Crippen molar-refractivity contribution in [2.24, 2.45) is 0 Å². The molecule has 0 radical (unpaired) electrons. The van der Waals surface area contributed by atoms with Crippen molar-refractivity contribution in [3.05, 3.63) is 64.8 Å². The average Bonchev–Trinajstić information content (AvgIpc) is 3.28. The van der Waals surface area contributed by atoms with Crippen molar-refractivity contribution in [2.45, 2.75) is 18.9 Å². The Morgan fingerprint density at radius 2 is 1.88 bits per heavy atom. The van der Waals surface area contributed by atoms with Gasteiger partial charge in [0.2, 0.25) is 0 Å². The summed E-state index contributed by atoms with van der Waals surface area (Å²) in [6, 6.07) is 18.5. The molecule has 2 N–H and O–H groups in total. The summed E-state index contributed by atoms with van der Waals surface area (Å²) in [6.45, 7) is 0. The summed E-state index contributed by atoms with van der Waals surface area (Å²) < 4.78 is 0.949. The molecule has 0 bridgehead atoms. The highest BCUT2D eigenvalue weighted by atomic mass is 79.9. The van der Waals surface area contributed by atoms with Crippen LogP contribution >= 0.6 is 15.9 Å². The van der Waals surface area contributed by atoms with Crippen LogP contribution in [0.1, 0.15) is 23.3 Å². The Kier molecular flexibility index (Phi) is 3.94. The van der Waals surface area contributed by atoms with Crippen molar-refractivity contribution in [2.75, 3.05) is 0 Å². The molecule has 1 aromatic heterocycles. The van der Waals surface area contributed by atoms with Gasteiger partial charge in [-0.3, -0.25) is 9.89 Å². The van der Waals surface area contributed by atoms with Crippen LogP contribution in [0.15, 0.2) is 59.1 Å². The van der Waals surface area contributed by atoms with Crippen molar-refractivity contribution in [1.82, 2.24) is 15.5 Å². The number of rotatable bonds is 4. The minimum atomic E-state index is -0.0896. The van der Waals surface area contributed by atoms with E-state index in [4.69, 9.17) is 0 Å². The molecule has 2 aromatic carbocycles. The van der Waals surface area contributed by atoms with E-state index in [1.165, 1.54) is 0 Å². The maximum atomic E-state index is 12.1. The van der Waals surface area contributed by atoms with Crippen LogP contribution < -0.4 is 5.32 Å². The van der Waals surface area contributed by atoms with E-state index in [-0.39, 0.29) is 5.91 Å².